The quantitative estimate of drug-likeness (QED) is 0.382. The summed E-state index contributed by atoms with van der Waals surface area (Å²) in [6.07, 6.45) is 11.2. The van der Waals surface area contributed by atoms with Crippen molar-refractivity contribution in [2.75, 3.05) is 5.32 Å². The zero-order valence-electron chi connectivity index (χ0n) is 19.2. The molecule has 2 N–H and O–H groups in total. The third kappa shape index (κ3) is 4.08. The van der Waals surface area contributed by atoms with Gasteiger partial charge in [-0.2, -0.15) is 5.10 Å². The molecule has 8 nitrogen and oxygen atoms in total. The summed E-state index contributed by atoms with van der Waals surface area (Å²) in [6.45, 7) is 4.73. The number of amides is 1. The fourth-order valence-electron chi connectivity index (χ4n) is 5.26. The van der Waals surface area contributed by atoms with Gasteiger partial charge in [-0.05, 0) is 37.8 Å². The minimum absolute atomic E-state index is 0.0496. The number of hydrogen-bond donors (Lipinski definition) is 2. The van der Waals surface area contributed by atoms with Gasteiger partial charge in [0.05, 0.1) is 35.2 Å². The lowest BCUT2D eigenvalue weighted by Gasteiger charge is -2.30. The fourth-order valence-corrected chi connectivity index (χ4v) is 5.45. The Kier molecular flexibility index (Phi) is 5.53. The van der Waals surface area contributed by atoms with Gasteiger partial charge >= 0.3 is 0 Å². The lowest BCUT2D eigenvalue weighted by Crippen LogP contribution is -2.30. The standard InChI is InChI=1S/C26H26ClN7O/c1-2-24(35)33-13-16-14-34(32-23(16)15-33)18-7-5-6-17(10-18)30-26-29-12-21(27)25(31-26)20-11-28-22-9-4-3-8-19(20)22/h2-4,8-9,11-12,14,17-18,28H,1,5-7,10,13,15H2,(H,29,30,31)/t17-,18+/m1/s1. The van der Waals surface area contributed by atoms with Crippen molar-refractivity contribution in [1.29, 1.82) is 0 Å². The molecule has 0 saturated heterocycles. The van der Waals surface area contributed by atoms with Crippen molar-refractivity contribution in [3.05, 3.63) is 71.8 Å². The van der Waals surface area contributed by atoms with Crippen molar-refractivity contribution in [2.24, 2.45) is 0 Å². The average Bonchev–Trinajstić information content (AvgIpc) is 3.58. The normalized spacial score (nSPS) is 19.6. The van der Waals surface area contributed by atoms with E-state index < -0.39 is 0 Å². The monoisotopic (exact) mass is 487 g/mol. The summed E-state index contributed by atoms with van der Waals surface area (Å²) in [6, 6.07) is 8.65. The average molecular weight is 488 g/mol. The largest absolute Gasteiger partial charge is 0.360 e. The van der Waals surface area contributed by atoms with Crippen molar-refractivity contribution in [3.63, 3.8) is 0 Å². The molecule has 0 radical (unpaired) electrons. The summed E-state index contributed by atoms with van der Waals surface area (Å²) in [7, 11) is 0. The molecule has 178 valence electrons. The van der Waals surface area contributed by atoms with Crippen LogP contribution in [0.25, 0.3) is 22.2 Å². The van der Waals surface area contributed by atoms with Crippen molar-refractivity contribution in [3.8, 4) is 11.3 Å². The Balaban J connectivity index is 1.18. The minimum Gasteiger partial charge on any atom is -0.360 e. The maximum absolute atomic E-state index is 11.9. The highest BCUT2D eigenvalue weighted by Gasteiger charge is 2.29. The van der Waals surface area contributed by atoms with Gasteiger partial charge in [0, 0.05) is 47.0 Å². The SMILES string of the molecule is C=CC(=O)N1Cc2cn([C@H]3CCC[C@@H](Nc4ncc(Cl)c(-c5c[nH]c6ccccc56)n4)C3)nc2C1. The fraction of sp³-hybridized carbons (Fsp3) is 0.308. The number of fused-ring (bicyclic) bond motifs is 2. The van der Waals surface area contributed by atoms with E-state index in [4.69, 9.17) is 21.7 Å². The maximum atomic E-state index is 11.9. The molecular weight excluding hydrogens is 462 g/mol. The van der Waals surface area contributed by atoms with Gasteiger partial charge in [0.2, 0.25) is 11.9 Å². The van der Waals surface area contributed by atoms with Crippen molar-refractivity contribution in [1.82, 2.24) is 29.6 Å². The van der Waals surface area contributed by atoms with E-state index in [-0.39, 0.29) is 11.9 Å². The van der Waals surface area contributed by atoms with Crippen LogP contribution in [0.3, 0.4) is 0 Å². The first-order chi connectivity index (χ1) is 17.1. The zero-order valence-corrected chi connectivity index (χ0v) is 20.0. The number of aromatic nitrogens is 5. The third-order valence-corrected chi connectivity index (χ3v) is 7.30. The molecule has 1 amide bonds. The summed E-state index contributed by atoms with van der Waals surface area (Å²) in [5, 5.41) is 9.97. The number of hydrogen-bond acceptors (Lipinski definition) is 5. The Morgan fingerprint density at radius 1 is 1.26 bits per heavy atom. The number of para-hydroxylation sites is 1. The van der Waals surface area contributed by atoms with Gasteiger partial charge in [-0.25, -0.2) is 9.97 Å². The van der Waals surface area contributed by atoms with E-state index in [1.165, 1.54) is 6.08 Å². The minimum atomic E-state index is -0.0496. The van der Waals surface area contributed by atoms with Crippen LogP contribution in [-0.4, -0.2) is 41.6 Å². The maximum Gasteiger partial charge on any atom is 0.246 e. The molecule has 4 heterocycles. The second-order valence-electron chi connectivity index (χ2n) is 9.28. The number of halogens is 1. The molecule has 1 aliphatic carbocycles. The topological polar surface area (TPSA) is 91.7 Å². The van der Waals surface area contributed by atoms with Crippen LogP contribution in [0.15, 0.2) is 55.5 Å². The number of nitrogens with one attached hydrogen (secondary N) is 2. The highest BCUT2D eigenvalue weighted by molar-refractivity contribution is 6.33. The molecule has 0 bridgehead atoms. The van der Waals surface area contributed by atoms with Crippen LogP contribution in [0.4, 0.5) is 5.95 Å². The van der Waals surface area contributed by atoms with Gasteiger partial charge in [0.15, 0.2) is 0 Å². The lowest BCUT2D eigenvalue weighted by atomic mass is 9.91. The van der Waals surface area contributed by atoms with Crippen LogP contribution in [0.2, 0.25) is 5.02 Å². The Labute approximate surface area is 208 Å². The number of nitrogens with zero attached hydrogens (tertiary/aromatic N) is 5. The van der Waals surface area contributed by atoms with Crippen LogP contribution in [0.1, 0.15) is 43.0 Å². The van der Waals surface area contributed by atoms with Crippen LogP contribution in [-0.2, 0) is 17.9 Å². The van der Waals surface area contributed by atoms with Gasteiger partial charge in [0.1, 0.15) is 0 Å². The molecule has 2 atom stereocenters. The molecule has 0 spiro atoms. The third-order valence-electron chi connectivity index (χ3n) is 7.03. The number of H-pyrrole nitrogens is 1. The Hall–Kier alpha value is -3.65. The first kappa shape index (κ1) is 21.9. The van der Waals surface area contributed by atoms with E-state index in [1.54, 1.807) is 11.1 Å². The van der Waals surface area contributed by atoms with Crippen LogP contribution >= 0.6 is 11.6 Å². The Bertz CT molecular complexity index is 1400. The molecule has 1 aromatic carbocycles. The summed E-state index contributed by atoms with van der Waals surface area (Å²) >= 11 is 6.50. The molecule has 0 unspecified atom stereocenters. The number of aromatic amines is 1. The molecule has 6 rings (SSSR count). The first-order valence-electron chi connectivity index (χ1n) is 11.9. The molecule has 4 aromatic rings. The molecule has 2 aliphatic rings. The van der Waals surface area contributed by atoms with Crippen molar-refractivity contribution >= 4 is 34.4 Å². The molecule has 9 heteroatoms. The number of carbonyl (C=O) groups excluding carboxylic acids is 1. The lowest BCUT2D eigenvalue weighted by molar-refractivity contribution is -0.126. The van der Waals surface area contributed by atoms with E-state index in [9.17, 15) is 4.79 Å². The van der Waals surface area contributed by atoms with Crippen LogP contribution < -0.4 is 5.32 Å². The van der Waals surface area contributed by atoms with Gasteiger partial charge in [0.25, 0.3) is 0 Å². The molecular formula is C26H26ClN7O. The summed E-state index contributed by atoms with van der Waals surface area (Å²) < 4.78 is 2.09. The van der Waals surface area contributed by atoms with E-state index in [0.717, 1.165) is 59.1 Å². The molecule has 1 aliphatic heterocycles. The molecule has 1 fully saturated rings. The Morgan fingerprint density at radius 2 is 2.14 bits per heavy atom. The smallest absolute Gasteiger partial charge is 0.246 e. The number of carbonyl (C=O) groups is 1. The highest BCUT2D eigenvalue weighted by Crippen LogP contribution is 2.34. The number of rotatable bonds is 5. The summed E-state index contributed by atoms with van der Waals surface area (Å²) in [5.41, 5.74) is 4.84. The molecule has 3 aromatic heterocycles. The zero-order chi connectivity index (χ0) is 23.9. The van der Waals surface area contributed by atoms with Crippen molar-refractivity contribution in [2.45, 2.75) is 50.9 Å². The van der Waals surface area contributed by atoms with E-state index in [2.05, 4.69) is 38.8 Å². The van der Waals surface area contributed by atoms with Crippen molar-refractivity contribution < 1.29 is 4.79 Å². The predicted octanol–water partition coefficient (Wildman–Crippen LogP) is 5.10. The number of benzene rings is 1. The second-order valence-corrected chi connectivity index (χ2v) is 9.69. The summed E-state index contributed by atoms with van der Waals surface area (Å²) in [4.78, 5) is 26.2. The van der Waals surface area contributed by atoms with E-state index >= 15 is 0 Å². The Morgan fingerprint density at radius 3 is 3.00 bits per heavy atom. The van der Waals surface area contributed by atoms with E-state index in [0.29, 0.717) is 30.1 Å². The predicted molar refractivity (Wildman–Crippen MR) is 136 cm³/mol. The van der Waals surface area contributed by atoms with E-state index in [1.807, 2.05) is 24.4 Å². The highest BCUT2D eigenvalue weighted by atomic mass is 35.5. The van der Waals surface area contributed by atoms with Crippen LogP contribution in [0, 0.1) is 0 Å². The number of anilines is 1. The molecule has 35 heavy (non-hydrogen) atoms. The van der Waals surface area contributed by atoms with Gasteiger partial charge in [-0.15, -0.1) is 0 Å². The van der Waals surface area contributed by atoms with Gasteiger partial charge in [-0.3, -0.25) is 9.48 Å². The van der Waals surface area contributed by atoms with Gasteiger partial charge in [-0.1, -0.05) is 36.4 Å². The molecule has 1 saturated carbocycles. The first-order valence-corrected chi connectivity index (χ1v) is 12.3. The second kappa shape index (κ2) is 8.85. The summed E-state index contributed by atoms with van der Waals surface area (Å²) in [5.74, 6) is 0.535. The van der Waals surface area contributed by atoms with Crippen LogP contribution in [0.5, 0.6) is 0 Å². The van der Waals surface area contributed by atoms with Gasteiger partial charge < -0.3 is 15.2 Å².